The van der Waals surface area contributed by atoms with Crippen LogP contribution in [0, 0.1) is 5.41 Å². The molecule has 0 saturated heterocycles. The highest BCUT2D eigenvalue weighted by molar-refractivity contribution is 4.90. The van der Waals surface area contributed by atoms with Gasteiger partial charge in [-0.3, -0.25) is 0 Å². The van der Waals surface area contributed by atoms with E-state index in [1.54, 1.807) is 0 Å². The highest BCUT2D eigenvalue weighted by atomic mass is 16.3. The Balaban J connectivity index is 3.95. The number of aliphatic hydroxyl groups excluding tert-OH is 1. The maximum absolute atomic E-state index is 9.19. The first kappa shape index (κ1) is 8.66. The number of rotatable bonds is 3. The molecule has 0 aliphatic rings. The first-order valence-corrected chi connectivity index (χ1v) is 3.05. The van der Waals surface area contributed by atoms with Gasteiger partial charge >= 0.3 is 0 Å². The molecule has 0 saturated carbocycles. The average molecular weight is 129 g/mol. The van der Waals surface area contributed by atoms with Crippen LogP contribution in [0.2, 0.25) is 0 Å². The molecule has 0 bridgehead atoms. The Morgan fingerprint density at radius 2 is 2.22 bits per heavy atom. The van der Waals surface area contributed by atoms with Crippen LogP contribution in [-0.4, -0.2) is 17.8 Å². The van der Waals surface area contributed by atoms with E-state index < -0.39 is 6.10 Å². The molecule has 3 N–H and O–H groups in total. The maximum atomic E-state index is 9.19. The molecule has 0 rings (SSSR count). The summed E-state index contributed by atoms with van der Waals surface area (Å²) in [6.07, 6.45) is 1.01. The second-order valence-electron chi connectivity index (χ2n) is 2.87. The van der Waals surface area contributed by atoms with Crippen LogP contribution >= 0.6 is 0 Å². The monoisotopic (exact) mass is 129 g/mol. The third-order valence-corrected chi connectivity index (χ3v) is 1.55. The van der Waals surface area contributed by atoms with Gasteiger partial charge in [0.25, 0.3) is 0 Å². The third-order valence-electron chi connectivity index (χ3n) is 1.55. The number of nitrogens with two attached hydrogens (primary N) is 1. The molecule has 1 atom stereocenters. The van der Waals surface area contributed by atoms with E-state index in [0.717, 1.165) is 0 Å². The summed E-state index contributed by atoms with van der Waals surface area (Å²) in [7, 11) is 0. The van der Waals surface area contributed by atoms with Crippen molar-refractivity contribution in [3.05, 3.63) is 12.7 Å². The van der Waals surface area contributed by atoms with Crippen molar-refractivity contribution in [2.75, 3.05) is 6.54 Å². The topological polar surface area (TPSA) is 46.2 Å². The molecule has 2 nitrogen and oxygen atoms in total. The SMILES string of the molecule is C=CC(O)C(C)(C)CN. The van der Waals surface area contributed by atoms with E-state index in [9.17, 15) is 5.11 Å². The lowest BCUT2D eigenvalue weighted by Crippen LogP contribution is -2.34. The predicted octanol–water partition coefficient (Wildman–Crippen LogP) is 0.518. The van der Waals surface area contributed by atoms with Crippen molar-refractivity contribution in [1.82, 2.24) is 0 Å². The lowest BCUT2D eigenvalue weighted by Gasteiger charge is -2.25. The van der Waals surface area contributed by atoms with E-state index in [4.69, 9.17) is 5.73 Å². The quantitative estimate of drug-likeness (QED) is 0.546. The van der Waals surface area contributed by atoms with Gasteiger partial charge in [0, 0.05) is 12.0 Å². The van der Waals surface area contributed by atoms with Crippen LogP contribution < -0.4 is 5.73 Å². The minimum atomic E-state index is -0.498. The molecule has 0 radical (unpaired) electrons. The molecule has 54 valence electrons. The van der Waals surface area contributed by atoms with Gasteiger partial charge in [0.05, 0.1) is 6.10 Å². The number of hydrogen-bond acceptors (Lipinski definition) is 2. The first-order valence-electron chi connectivity index (χ1n) is 3.05. The molecule has 0 aliphatic carbocycles. The second-order valence-corrected chi connectivity index (χ2v) is 2.87. The van der Waals surface area contributed by atoms with Crippen LogP contribution in [0.4, 0.5) is 0 Å². The molecule has 0 heterocycles. The van der Waals surface area contributed by atoms with E-state index in [0.29, 0.717) is 6.54 Å². The average Bonchev–Trinajstić information content (AvgIpc) is 1.86. The van der Waals surface area contributed by atoms with Gasteiger partial charge in [-0.1, -0.05) is 19.9 Å². The zero-order valence-corrected chi connectivity index (χ0v) is 6.09. The fourth-order valence-electron chi connectivity index (χ4n) is 0.440. The Kier molecular flexibility index (Phi) is 2.88. The van der Waals surface area contributed by atoms with Gasteiger partial charge in [0.1, 0.15) is 0 Å². The molecule has 0 aromatic carbocycles. The largest absolute Gasteiger partial charge is 0.388 e. The van der Waals surface area contributed by atoms with Gasteiger partial charge < -0.3 is 10.8 Å². The molecule has 0 spiro atoms. The predicted molar refractivity (Wildman–Crippen MR) is 39.0 cm³/mol. The minimum Gasteiger partial charge on any atom is -0.388 e. The summed E-state index contributed by atoms with van der Waals surface area (Å²) in [5, 5.41) is 9.19. The Morgan fingerprint density at radius 1 is 1.78 bits per heavy atom. The smallest absolute Gasteiger partial charge is 0.0781 e. The molecule has 0 aromatic heterocycles. The van der Waals surface area contributed by atoms with Gasteiger partial charge in [0.2, 0.25) is 0 Å². The first-order chi connectivity index (χ1) is 4.04. The van der Waals surface area contributed by atoms with Crippen molar-refractivity contribution in [3.8, 4) is 0 Å². The Hall–Kier alpha value is -0.340. The fourth-order valence-corrected chi connectivity index (χ4v) is 0.440. The van der Waals surface area contributed by atoms with Gasteiger partial charge in [-0.2, -0.15) is 0 Å². The molecule has 0 aromatic rings. The van der Waals surface area contributed by atoms with Gasteiger partial charge in [-0.25, -0.2) is 0 Å². The minimum absolute atomic E-state index is 0.234. The summed E-state index contributed by atoms with van der Waals surface area (Å²) in [6, 6.07) is 0. The molecule has 0 aliphatic heterocycles. The van der Waals surface area contributed by atoms with E-state index in [-0.39, 0.29) is 5.41 Å². The zero-order valence-electron chi connectivity index (χ0n) is 6.09. The molecular formula is C7H15NO. The molecule has 9 heavy (non-hydrogen) atoms. The van der Waals surface area contributed by atoms with Crippen LogP contribution in [0.3, 0.4) is 0 Å². The van der Waals surface area contributed by atoms with Crippen molar-refractivity contribution in [3.63, 3.8) is 0 Å². The van der Waals surface area contributed by atoms with Gasteiger partial charge in [0.15, 0.2) is 0 Å². The fraction of sp³-hybridized carbons (Fsp3) is 0.714. The van der Waals surface area contributed by atoms with Gasteiger partial charge in [-0.15, -0.1) is 6.58 Å². The van der Waals surface area contributed by atoms with Crippen LogP contribution in [0.5, 0.6) is 0 Å². The molecule has 0 amide bonds. The van der Waals surface area contributed by atoms with Crippen LogP contribution in [0.15, 0.2) is 12.7 Å². The number of aliphatic hydroxyl groups is 1. The van der Waals surface area contributed by atoms with Crippen molar-refractivity contribution in [2.24, 2.45) is 11.1 Å². The summed E-state index contributed by atoms with van der Waals surface area (Å²) < 4.78 is 0. The lowest BCUT2D eigenvalue weighted by molar-refractivity contribution is 0.0976. The summed E-state index contributed by atoms with van der Waals surface area (Å²) >= 11 is 0. The Morgan fingerprint density at radius 3 is 2.33 bits per heavy atom. The summed E-state index contributed by atoms with van der Waals surface area (Å²) in [6.45, 7) is 7.75. The molecule has 2 heteroatoms. The maximum Gasteiger partial charge on any atom is 0.0781 e. The van der Waals surface area contributed by atoms with Crippen molar-refractivity contribution >= 4 is 0 Å². The summed E-state index contributed by atoms with van der Waals surface area (Å²) in [5.74, 6) is 0. The third kappa shape index (κ3) is 2.16. The number of hydrogen-bond donors (Lipinski definition) is 2. The van der Waals surface area contributed by atoms with E-state index in [1.807, 2.05) is 13.8 Å². The van der Waals surface area contributed by atoms with E-state index in [2.05, 4.69) is 6.58 Å². The highest BCUT2D eigenvalue weighted by Gasteiger charge is 2.22. The van der Waals surface area contributed by atoms with E-state index >= 15 is 0 Å². The Labute approximate surface area is 56.4 Å². The van der Waals surface area contributed by atoms with E-state index in [1.165, 1.54) is 6.08 Å². The Bertz CT molecular complexity index is 99.1. The van der Waals surface area contributed by atoms with Crippen LogP contribution in [0.1, 0.15) is 13.8 Å². The standard InChI is InChI=1S/C7H15NO/c1-4-6(9)7(2,3)5-8/h4,6,9H,1,5,8H2,2-3H3. The normalized spacial score (nSPS) is 15.1. The summed E-state index contributed by atoms with van der Waals surface area (Å²) in [5.41, 5.74) is 5.14. The lowest BCUT2D eigenvalue weighted by atomic mass is 9.87. The van der Waals surface area contributed by atoms with Crippen LogP contribution in [-0.2, 0) is 0 Å². The van der Waals surface area contributed by atoms with Gasteiger partial charge in [-0.05, 0) is 0 Å². The summed E-state index contributed by atoms with van der Waals surface area (Å²) in [4.78, 5) is 0. The molecule has 1 unspecified atom stereocenters. The zero-order chi connectivity index (χ0) is 7.49. The second kappa shape index (κ2) is 2.99. The highest BCUT2D eigenvalue weighted by Crippen LogP contribution is 2.18. The van der Waals surface area contributed by atoms with Crippen molar-refractivity contribution in [2.45, 2.75) is 20.0 Å². The molecule has 0 fully saturated rings. The molecular weight excluding hydrogens is 114 g/mol. The van der Waals surface area contributed by atoms with Crippen molar-refractivity contribution < 1.29 is 5.11 Å². The van der Waals surface area contributed by atoms with Crippen molar-refractivity contribution in [1.29, 1.82) is 0 Å². The van der Waals surface area contributed by atoms with Crippen LogP contribution in [0.25, 0.3) is 0 Å².